The van der Waals surface area contributed by atoms with Crippen LogP contribution in [0.2, 0.25) is 0 Å². The van der Waals surface area contributed by atoms with E-state index in [1.54, 1.807) is 31.3 Å². The summed E-state index contributed by atoms with van der Waals surface area (Å²) in [5, 5.41) is 8.72. The Morgan fingerprint density at radius 2 is 2.12 bits per heavy atom. The lowest BCUT2D eigenvalue weighted by atomic mass is 10.1. The Labute approximate surface area is 99.8 Å². The van der Waals surface area contributed by atoms with Crippen LogP contribution in [-0.2, 0) is 16.0 Å². The standard InChI is InChI=1S/C12H16N2O3/c1-8(15)14(2)10-5-3-4-9(6-10)7-11(13)12(16)17/h3-6,11H,7,13H2,1-2H3,(H,16,17). The molecular formula is C12H16N2O3. The molecule has 0 aliphatic carbocycles. The van der Waals surface area contributed by atoms with Crippen molar-refractivity contribution in [1.29, 1.82) is 0 Å². The highest BCUT2D eigenvalue weighted by Gasteiger charge is 2.13. The molecule has 1 aromatic carbocycles. The lowest BCUT2D eigenvalue weighted by Crippen LogP contribution is -2.32. The van der Waals surface area contributed by atoms with E-state index in [-0.39, 0.29) is 12.3 Å². The fourth-order valence-corrected chi connectivity index (χ4v) is 1.42. The van der Waals surface area contributed by atoms with E-state index in [0.717, 1.165) is 11.3 Å². The Kier molecular flexibility index (Phi) is 4.23. The van der Waals surface area contributed by atoms with Gasteiger partial charge in [-0.15, -0.1) is 0 Å². The number of carboxylic acids is 1. The molecule has 0 aliphatic rings. The Balaban J connectivity index is 2.86. The Bertz CT molecular complexity index is 432. The van der Waals surface area contributed by atoms with Gasteiger partial charge in [0.1, 0.15) is 6.04 Å². The first-order valence-corrected chi connectivity index (χ1v) is 5.23. The van der Waals surface area contributed by atoms with Gasteiger partial charge in [-0.1, -0.05) is 12.1 Å². The van der Waals surface area contributed by atoms with Crippen LogP contribution in [-0.4, -0.2) is 30.1 Å². The van der Waals surface area contributed by atoms with Crippen LogP contribution in [0.25, 0.3) is 0 Å². The van der Waals surface area contributed by atoms with Gasteiger partial charge in [-0.05, 0) is 24.1 Å². The molecule has 1 aromatic rings. The van der Waals surface area contributed by atoms with Crippen molar-refractivity contribution in [3.05, 3.63) is 29.8 Å². The lowest BCUT2D eigenvalue weighted by molar-refractivity contribution is -0.138. The summed E-state index contributed by atoms with van der Waals surface area (Å²) < 4.78 is 0. The van der Waals surface area contributed by atoms with Gasteiger partial charge >= 0.3 is 5.97 Å². The average molecular weight is 236 g/mol. The van der Waals surface area contributed by atoms with Gasteiger partial charge in [-0.3, -0.25) is 9.59 Å². The van der Waals surface area contributed by atoms with Crippen LogP contribution in [0.5, 0.6) is 0 Å². The highest BCUT2D eigenvalue weighted by atomic mass is 16.4. The van der Waals surface area contributed by atoms with Gasteiger partial charge < -0.3 is 15.7 Å². The Morgan fingerprint density at radius 1 is 1.47 bits per heavy atom. The van der Waals surface area contributed by atoms with Crippen LogP contribution in [0.4, 0.5) is 5.69 Å². The molecule has 0 saturated heterocycles. The molecule has 0 aliphatic heterocycles. The third kappa shape index (κ3) is 3.57. The summed E-state index contributed by atoms with van der Waals surface area (Å²) in [6, 6.07) is 6.20. The van der Waals surface area contributed by atoms with Crippen LogP contribution in [0.1, 0.15) is 12.5 Å². The summed E-state index contributed by atoms with van der Waals surface area (Å²) in [6.45, 7) is 1.47. The van der Waals surface area contributed by atoms with E-state index >= 15 is 0 Å². The van der Waals surface area contributed by atoms with Crippen LogP contribution in [0, 0.1) is 0 Å². The minimum atomic E-state index is -1.03. The quantitative estimate of drug-likeness (QED) is 0.802. The highest BCUT2D eigenvalue weighted by molar-refractivity contribution is 5.90. The summed E-state index contributed by atoms with van der Waals surface area (Å²) in [4.78, 5) is 23.3. The van der Waals surface area contributed by atoms with E-state index in [4.69, 9.17) is 10.8 Å². The number of rotatable bonds is 4. The lowest BCUT2D eigenvalue weighted by Gasteiger charge is -2.16. The topological polar surface area (TPSA) is 83.6 Å². The minimum absolute atomic E-state index is 0.0790. The zero-order chi connectivity index (χ0) is 13.0. The SMILES string of the molecule is CC(=O)N(C)c1cccc(CC(N)C(=O)O)c1. The molecular weight excluding hydrogens is 220 g/mol. The summed E-state index contributed by atoms with van der Waals surface area (Å²) in [5.74, 6) is -1.11. The zero-order valence-electron chi connectivity index (χ0n) is 9.88. The van der Waals surface area contributed by atoms with Crippen LogP contribution >= 0.6 is 0 Å². The first kappa shape index (κ1) is 13.2. The van der Waals surface area contributed by atoms with Crippen molar-refractivity contribution in [2.45, 2.75) is 19.4 Å². The molecule has 1 atom stereocenters. The molecule has 0 spiro atoms. The van der Waals surface area contributed by atoms with E-state index in [0.29, 0.717) is 0 Å². The van der Waals surface area contributed by atoms with Gasteiger partial charge in [0.15, 0.2) is 0 Å². The number of hydrogen-bond acceptors (Lipinski definition) is 3. The molecule has 0 bridgehead atoms. The van der Waals surface area contributed by atoms with E-state index in [2.05, 4.69) is 0 Å². The summed E-state index contributed by atoms with van der Waals surface area (Å²) in [7, 11) is 1.67. The van der Waals surface area contributed by atoms with E-state index in [1.807, 2.05) is 0 Å². The fourth-order valence-electron chi connectivity index (χ4n) is 1.42. The highest BCUT2D eigenvalue weighted by Crippen LogP contribution is 2.15. The van der Waals surface area contributed by atoms with Gasteiger partial charge in [0, 0.05) is 19.7 Å². The van der Waals surface area contributed by atoms with Gasteiger partial charge in [-0.25, -0.2) is 0 Å². The smallest absolute Gasteiger partial charge is 0.320 e. The molecule has 92 valence electrons. The molecule has 17 heavy (non-hydrogen) atoms. The fraction of sp³-hybridized carbons (Fsp3) is 0.333. The van der Waals surface area contributed by atoms with Crippen molar-refractivity contribution in [3.63, 3.8) is 0 Å². The zero-order valence-corrected chi connectivity index (χ0v) is 9.88. The average Bonchev–Trinajstić information content (AvgIpc) is 2.28. The third-order valence-corrected chi connectivity index (χ3v) is 2.54. The molecule has 5 heteroatoms. The predicted octanol–water partition coefficient (Wildman–Crippen LogP) is 0.624. The normalized spacial score (nSPS) is 11.9. The van der Waals surface area contributed by atoms with Gasteiger partial charge in [0.25, 0.3) is 0 Å². The summed E-state index contributed by atoms with van der Waals surface area (Å²) >= 11 is 0. The molecule has 1 amide bonds. The molecule has 1 rings (SSSR count). The number of aliphatic carboxylic acids is 1. The number of amides is 1. The molecule has 3 N–H and O–H groups in total. The second-order valence-corrected chi connectivity index (χ2v) is 3.90. The second kappa shape index (κ2) is 5.45. The Hall–Kier alpha value is -1.88. The van der Waals surface area contributed by atoms with E-state index < -0.39 is 12.0 Å². The number of carbonyl (C=O) groups excluding carboxylic acids is 1. The molecule has 1 unspecified atom stereocenters. The number of hydrogen-bond donors (Lipinski definition) is 2. The van der Waals surface area contributed by atoms with Crippen molar-refractivity contribution in [2.75, 3.05) is 11.9 Å². The number of carbonyl (C=O) groups is 2. The van der Waals surface area contributed by atoms with Crippen molar-refractivity contribution < 1.29 is 14.7 Å². The predicted molar refractivity (Wildman–Crippen MR) is 64.8 cm³/mol. The molecule has 0 fully saturated rings. The molecule has 5 nitrogen and oxygen atoms in total. The first-order chi connectivity index (χ1) is 7.91. The largest absolute Gasteiger partial charge is 0.480 e. The van der Waals surface area contributed by atoms with Gasteiger partial charge in [-0.2, -0.15) is 0 Å². The van der Waals surface area contributed by atoms with Crippen LogP contribution in [0.15, 0.2) is 24.3 Å². The molecule has 0 radical (unpaired) electrons. The number of carboxylic acid groups (broad SMARTS) is 1. The maximum absolute atomic E-state index is 11.2. The van der Waals surface area contributed by atoms with Crippen LogP contribution < -0.4 is 10.6 Å². The maximum Gasteiger partial charge on any atom is 0.320 e. The maximum atomic E-state index is 11.2. The monoisotopic (exact) mass is 236 g/mol. The molecule has 0 heterocycles. The number of nitrogens with zero attached hydrogens (tertiary/aromatic N) is 1. The second-order valence-electron chi connectivity index (χ2n) is 3.90. The summed E-state index contributed by atoms with van der Waals surface area (Å²) in [5.41, 5.74) is 6.98. The Morgan fingerprint density at radius 3 is 2.65 bits per heavy atom. The van der Waals surface area contributed by atoms with Crippen molar-refractivity contribution >= 4 is 17.6 Å². The molecule has 0 aromatic heterocycles. The van der Waals surface area contributed by atoms with Gasteiger partial charge in [0.2, 0.25) is 5.91 Å². The van der Waals surface area contributed by atoms with E-state index in [1.165, 1.54) is 11.8 Å². The first-order valence-electron chi connectivity index (χ1n) is 5.23. The van der Waals surface area contributed by atoms with E-state index in [9.17, 15) is 9.59 Å². The number of benzene rings is 1. The van der Waals surface area contributed by atoms with Crippen molar-refractivity contribution in [2.24, 2.45) is 5.73 Å². The minimum Gasteiger partial charge on any atom is -0.480 e. The molecule has 0 saturated carbocycles. The summed E-state index contributed by atoms with van der Waals surface area (Å²) in [6.07, 6.45) is 0.245. The van der Waals surface area contributed by atoms with Crippen LogP contribution in [0.3, 0.4) is 0 Å². The third-order valence-electron chi connectivity index (χ3n) is 2.54. The van der Waals surface area contributed by atoms with Crippen molar-refractivity contribution in [1.82, 2.24) is 0 Å². The number of nitrogens with two attached hydrogens (primary N) is 1. The van der Waals surface area contributed by atoms with Gasteiger partial charge in [0.05, 0.1) is 0 Å². The van der Waals surface area contributed by atoms with Crippen molar-refractivity contribution in [3.8, 4) is 0 Å². The number of anilines is 1.